The Hall–Kier alpha value is -1.67. The summed E-state index contributed by atoms with van der Waals surface area (Å²) < 4.78 is 11.3. The van der Waals surface area contributed by atoms with Gasteiger partial charge >= 0.3 is 0 Å². The molecule has 0 bridgehead atoms. The number of thioether (sulfide) groups is 1. The molecule has 3 rings (SSSR count). The highest BCUT2D eigenvalue weighted by molar-refractivity contribution is 8.01. The predicted octanol–water partition coefficient (Wildman–Crippen LogP) is 3.03. The zero-order chi connectivity index (χ0) is 12.4. The smallest absolute Gasteiger partial charge is 0.240 e. The van der Waals surface area contributed by atoms with E-state index in [4.69, 9.17) is 8.94 Å². The lowest BCUT2D eigenvalue weighted by atomic mass is 10.4. The quantitative estimate of drug-likeness (QED) is 0.679. The molecular weight excluding hydrogens is 272 g/mol. The zero-order valence-electron chi connectivity index (χ0n) is 9.31. The summed E-state index contributed by atoms with van der Waals surface area (Å²) in [6.45, 7) is 1.98. The second kappa shape index (κ2) is 4.91. The summed E-state index contributed by atoms with van der Waals surface area (Å²) in [5, 5.41) is 11.6. The van der Waals surface area contributed by atoms with Crippen LogP contribution in [0, 0.1) is 0 Å². The fraction of sp³-hybridized carbons (Fsp3) is 0.200. The maximum Gasteiger partial charge on any atom is 0.240 e. The van der Waals surface area contributed by atoms with E-state index >= 15 is 0 Å². The van der Waals surface area contributed by atoms with Gasteiger partial charge in [-0.2, -0.15) is 4.98 Å². The molecule has 0 N–H and O–H groups in total. The van der Waals surface area contributed by atoms with E-state index in [9.17, 15) is 0 Å². The Labute approximate surface area is 110 Å². The van der Waals surface area contributed by atoms with Crippen molar-refractivity contribution in [2.75, 3.05) is 0 Å². The molecule has 6 nitrogen and oxygen atoms in total. The SMILES string of the molecule is C[C@H](Sc1nncs1)c1nc(-c2ccco2)no1. The fourth-order valence-corrected chi connectivity index (χ4v) is 2.98. The molecule has 18 heavy (non-hydrogen) atoms. The number of hydrogen-bond acceptors (Lipinski definition) is 8. The minimum absolute atomic E-state index is 0.0224. The molecule has 0 saturated heterocycles. The van der Waals surface area contributed by atoms with Crippen LogP contribution in [0.3, 0.4) is 0 Å². The van der Waals surface area contributed by atoms with E-state index in [1.54, 1.807) is 23.9 Å². The van der Waals surface area contributed by atoms with E-state index < -0.39 is 0 Å². The highest BCUT2D eigenvalue weighted by Gasteiger charge is 2.18. The summed E-state index contributed by atoms with van der Waals surface area (Å²) in [5.74, 6) is 1.60. The predicted molar refractivity (Wildman–Crippen MR) is 66.2 cm³/mol. The molecule has 3 heterocycles. The third kappa shape index (κ3) is 2.29. The number of aromatic nitrogens is 4. The molecule has 0 spiro atoms. The van der Waals surface area contributed by atoms with Crippen LogP contribution in [0.1, 0.15) is 18.1 Å². The van der Waals surface area contributed by atoms with Crippen molar-refractivity contribution in [2.45, 2.75) is 16.5 Å². The van der Waals surface area contributed by atoms with Gasteiger partial charge in [0.25, 0.3) is 0 Å². The number of rotatable bonds is 4. The van der Waals surface area contributed by atoms with Gasteiger partial charge in [-0.3, -0.25) is 0 Å². The Bertz CT molecular complexity index is 606. The molecule has 1 atom stereocenters. The van der Waals surface area contributed by atoms with Crippen molar-refractivity contribution in [3.63, 3.8) is 0 Å². The van der Waals surface area contributed by atoms with Crippen molar-refractivity contribution in [1.29, 1.82) is 0 Å². The molecule has 0 radical (unpaired) electrons. The average molecular weight is 280 g/mol. The maximum atomic E-state index is 5.21. The van der Waals surface area contributed by atoms with Crippen LogP contribution in [0.5, 0.6) is 0 Å². The highest BCUT2D eigenvalue weighted by atomic mass is 32.2. The molecule has 0 fully saturated rings. The van der Waals surface area contributed by atoms with Crippen molar-refractivity contribution in [3.8, 4) is 11.6 Å². The second-order valence-corrected chi connectivity index (χ2v) is 5.82. The standard InChI is InChI=1S/C10H8N4O2S2/c1-6(18-10-13-11-5-17-10)9-12-8(14-16-9)7-3-2-4-15-7/h2-6H,1H3/t6-/m0/s1. The van der Waals surface area contributed by atoms with Gasteiger partial charge in [0.05, 0.1) is 11.5 Å². The van der Waals surface area contributed by atoms with E-state index in [2.05, 4.69) is 20.3 Å². The van der Waals surface area contributed by atoms with Gasteiger partial charge in [0.15, 0.2) is 10.1 Å². The normalized spacial score (nSPS) is 12.7. The number of furan rings is 1. The lowest BCUT2D eigenvalue weighted by Gasteiger charge is -2.00. The molecule has 3 aromatic heterocycles. The van der Waals surface area contributed by atoms with Gasteiger partial charge in [0, 0.05) is 0 Å². The highest BCUT2D eigenvalue weighted by Crippen LogP contribution is 2.35. The van der Waals surface area contributed by atoms with E-state index in [0.29, 0.717) is 17.5 Å². The molecule has 0 aromatic carbocycles. The minimum Gasteiger partial charge on any atom is -0.461 e. The summed E-state index contributed by atoms with van der Waals surface area (Å²) in [6.07, 6.45) is 1.57. The average Bonchev–Trinajstić information content (AvgIpc) is 3.11. The molecule has 0 aliphatic carbocycles. The van der Waals surface area contributed by atoms with Gasteiger partial charge in [-0.15, -0.1) is 10.2 Å². The van der Waals surface area contributed by atoms with Gasteiger partial charge in [-0.25, -0.2) is 0 Å². The first-order valence-corrected chi connectivity index (χ1v) is 6.89. The summed E-state index contributed by atoms with van der Waals surface area (Å²) in [7, 11) is 0. The van der Waals surface area contributed by atoms with E-state index in [1.165, 1.54) is 23.1 Å². The Balaban J connectivity index is 1.77. The molecule has 92 valence electrons. The summed E-state index contributed by atoms with van der Waals surface area (Å²) in [5.41, 5.74) is 1.69. The van der Waals surface area contributed by atoms with Crippen molar-refractivity contribution < 1.29 is 8.94 Å². The largest absolute Gasteiger partial charge is 0.461 e. The Morgan fingerprint density at radius 1 is 1.44 bits per heavy atom. The third-order valence-corrected chi connectivity index (χ3v) is 4.05. The van der Waals surface area contributed by atoms with Crippen molar-refractivity contribution >= 4 is 23.1 Å². The van der Waals surface area contributed by atoms with E-state index in [0.717, 1.165) is 4.34 Å². The first-order valence-electron chi connectivity index (χ1n) is 5.13. The monoisotopic (exact) mass is 280 g/mol. The molecule has 0 amide bonds. The Morgan fingerprint density at radius 3 is 3.11 bits per heavy atom. The summed E-state index contributed by atoms with van der Waals surface area (Å²) in [6, 6.07) is 3.57. The van der Waals surface area contributed by atoms with Crippen molar-refractivity contribution in [2.24, 2.45) is 0 Å². The van der Waals surface area contributed by atoms with Crippen LogP contribution < -0.4 is 0 Å². The van der Waals surface area contributed by atoms with Gasteiger partial charge in [0.2, 0.25) is 11.7 Å². The fourth-order valence-electron chi connectivity index (χ4n) is 1.32. The molecule has 8 heteroatoms. The Kier molecular flexibility index (Phi) is 3.11. The zero-order valence-corrected chi connectivity index (χ0v) is 10.9. The van der Waals surface area contributed by atoms with Gasteiger partial charge < -0.3 is 8.94 Å². The summed E-state index contributed by atoms with van der Waals surface area (Å²) in [4.78, 5) is 4.30. The number of nitrogens with zero attached hydrogens (tertiary/aromatic N) is 4. The maximum absolute atomic E-state index is 5.21. The minimum atomic E-state index is 0.0224. The van der Waals surface area contributed by atoms with E-state index in [-0.39, 0.29) is 5.25 Å². The molecule has 0 saturated carbocycles. The van der Waals surface area contributed by atoms with Gasteiger partial charge in [-0.05, 0) is 19.1 Å². The van der Waals surface area contributed by atoms with Crippen LogP contribution in [0.4, 0.5) is 0 Å². The van der Waals surface area contributed by atoms with Crippen LogP contribution in [-0.2, 0) is 0 Å². The topological polar surface area (TPSA) is 77.8 Å². The van der Waals surface area contributed by atoms with Crippen LogP contribution in [0.15, 0.2) is 37.2 Å². The lowest BCUT2D eigenvalue weighted by Crippen LogP contribution is -1.88. The first kappa shape index (κ1) is 11.4. The van der Waals surface area contributed by atoms with Gasteiger partial charge in [-0.1, -0.05) is 28.3 Å². The van der Waals surface area contributed by atoms with Crippen LogP contribution >= 0.6 is 23.1 Å². The van der Waals surface area contributed by atoms with Crippen LogP contribution in [0.25, 0.3) is 11.6 Å². The van der Waals surface area contributed by atoms with Crippen molar-refractivity contribution in [3.05, 3.63) is 29.8 Å². The molecule has 3 aromatic rings. The first-order chi connectivity index (χ1) is 8.83. The molecule has 0 aliphatic heterocycles. The van der Waals surface area contributed by atoms with Crippen molar-refractivity contribution in [1.82, 2.24) is 20.3 Å². The molecule has 0 unspecified atom stereocenters. The molecular formula is C10H8N4O2S2. The van der Waals surface area contributed by atoms with Gasteiger partial charge in [0.1, 0.15) is 5.51 Å². The van der Waals surface area contributed by atoms with E-state index in [1.807, 2.05) is 6.92 Å². The molecule has 0 aliphatic rings. The third-order valence-electron chi connectivity index (χ3n) is 2.15. The van der Waals surface area contributed by atoms with Crippen LogP contribution in [0.2, 0.25) is 0 Å². The Morgan fingerprint density at radius 2 is 2.39 bits per heavy atom. The van der Waals surface area contributed by atoms with Crippen LogP contribution in [-0.4, -0.2) is 20.3 Å². The lowest BCUT2D eigenvalue weighted by molar-refractivity contribution is 0.379. The summed E-state index contributed by atoms with van der Waals surface area (Å²) >= 11 is 3.01. The number of hydrogen-bond donors (Lipinski definition) is 0. The second-order valence-electron chi connectivity index (χ2n) is 3.40.